The summed E-state index contributed by atoms with van der Waals surface area (Å²) in [5.41, 5.74) is 1.23. The summed E-state index contributed by atoms with van der Waals surface area (Å²) in [5, 5.41) is 4.74. The van der Waals surface area contributed by atoms with E-state index in [-0.39, 0.29) is 6.04 Å². The lowest BCUT2D eigenvalue weighted by molar-refractivity contribution is 0.244. The van der Waals surface area contributed by atoms with E-state index in [1.54, 1.807) is 0 Å². The molecule has 2 aromatic rings. The first kappa shape index (κ1) is 17.2. The molecule has 0 aliphatic carbocycles. The first-order chi connectivity index (χ1) is 11.2. The van der Waals surface area contributed by atoms with Gasteiger partial charge in [0.15, 0.2) is 0 Å². The van der Waals surface area contributed by atoms with Gasteiger partial charge in [-0.15, -0.1) is 11.3 Å². The van der Waals surface area contributed by atoms with Crippen LogP contribution >= 0.6 is 34.5 Å². The van der Waals surface area contributed by atoms with E-state index < -0.39 is 0 Å². The summed E-state index contributed by atoms with van der Waals surface area (Å²) in [7, 11) is 0. The van der Waals surface area contributed by atoms with Crippen LogP contribution in [0.4, 0.5) is 0 Å². The lowest BCUT2D eigenvalue weighted by Gasteiger charge is -2.30. The van der Waals surface area contributed by atoms with Gasteiger partial charge in [0.05, 0.1) is 16.1 Å². The minimum Gasteiger partial charge on any atom is -0.315 e. The van der Waals surface area contributed by atoms with Crippen molar-refractivity contribution in [2.45, 2.75) is 25.8 Å². The summed E-state index contributed by atoms with van der Waals surface area (Å²) >= 11 is 14.3. The molecule has 0 amide bonds. The van der Waals surface area contributed by atoms with Gasteiger partial charge in [-0.25, -0.2) is 0 Å². The highest BCUT2D eigenvalue weighted by atomic mass is 35.5. The smallest absolute Gasteiger partial charge is 0.0697 e. The summed E-state index contributed by atoms with van der Waals surface area (Å²) in [6, 6.07) is 10.8. The molecule has 0 saturated carbocycles. The fourth-order valence-electron chi connectivity index (χ4n) is 3.09. The van der Waals surface area contributed by atoms with Crippen LogP contribution in [0.25, 0.3) is 0 Å². The maximum absolute atomic E-state index is 6.29. The van der Waals surface area contributed by atoms with Gasteiger partial charge in [-0.1, -0.05) is 36.2 Å². The minimum absolute atomic E-state index is 0.259. The third-order valence-corrected chi connectivity index (χ3v) is 6.32. The first-order valence-electron chi connectivity index (χ1n) is 8.17. The van der Waals surface area contributed by atoms with Gasteiger partial charge in [0.2, 0.25) is 0 Å². The summed E-state index contributed by atoms with van der Waals surface area (Å²) < 4.78 is 0. The highest BCUT2D eigenvalue weighted by Crippen LogP contribution is 2.36. The largest absolute Gasteiger partial charge is 0.315 e. The quantitative estimate of drug-likeness (QED) is 0.816. The molecule has 0 radical (unpaired) electrons. The third kappa shape index (κ3) is 4.09. The van der Waals surface area contributed by atoms with Crippen molar-refractivity contribution in [1.29, 1.82) is 0 Å². The molecular weight excluding hydrogens is 347 g/mol. The summed E-state index contributed by atoms with van der Waals surface area (Å²) in [6.07, 6.45) is 2.25. The van der Waals surface area contributed by atoms with Crippen LogP contribution in [0.1, 0.15) is 34.7 Å². The maximum atomic E-state index is 6.29. The van der Waals surface area contributed by atoms with E-state index in [2.05, 4.69) is 35.3 Å². The van der Waals surface area contributed by atoms with E-state index >= 15 is 0 Å². The fraction of sp³-hybridized carbons (Fsp3) is 0.444. The monoisotopic (exact) mass is 368 g/mol. The van der Waals surface area contributed by atoms with Crippen molar-refractivity contribution >= 4 is 34.5 Å². The zero-order valence-corrected chi connectivity index (χ0v) is 15.6. The number of aryl methyl sites for hydroxylation is 1. The van der Waals surface area contributed by atoms with E-state index in [4.69, 9.17) is 23.2 Å². The van der Waals surface area contributed by atoms with Crippen LogP contribution in [0.3, 0.4) is 0 Å². The van der Waals surface area contributed by atoms with Gasteiger partial charge >= 0.3 is 0 Å². The summed E-state index contributed by atoms with van der Waals surface area (Å²) in [6.45, 7) is 6.47. The second-order valence-electron chi connectivity index (χ2n) is 5.87. The molecule has 0 bridgehead atoms. The molecule has 1 saturated heterocycles. The number of hydrogen-bond acceptors (Lipinski definition) is 3. The zero-order chi connectivity index (χ0) is 16.2. The lowest BCUT2D eigenvalue weighted by atomic mass is 10.0. The Labute approximate surface area is 152 Å². The van der Waals surface area contributed by atoms with E-state index in [1.165, 1.54) is 21.7 Å². The van der Waals surface area contributed by atoms with Gasteiger partial charge in [0.1, 0.15) is 0 Å². The van der Waals surface area contributed by atoms with Gasteiger partial charge in [0.25, 0.3) is 0 Å². The zero-order valence-electron chi connectivity index (χ0n) is 13.3. The highest BCUT2D eigenvalue weighted by molar-refractivity contribution is 7.12. The standard InChI is InChI=1S/C18H22Cl2N2S/c1-2-14-5-7-17(23-14)18(22-10-3-8-21-9-11-22)13-4-6-15(19)16(20)12-13/h4-7,12,18,21H,2-3,8-11H2,1H3. The van der Waals surface area contributed by atoms with Gasteiger partial charge < -0.3 is 5.32 Å². The molecule has 3 rings (SSSR count). The average molecular weight is 369 g/mol. The van der Waals surface area contributed by atoms with Crippen LogP contribution in [0.15, 0.2) is 30.3 Å². The molecule has 23 heavy (non-hydrogen) atoms. The second kappa shape index (κ2) is 8.00. The molecular formula is C18H22Cl2N2S. The number of hydrogen-bond donors (Lipinski definition) is 1. The first-order valence-corrected chi connectivity index (χ1v) is 9.74. The lowest BCUT2D eigenvalue weighted by Crippen LogP contribution is -2.32. The van der Waals surface area contributed by atoms with Crippen molar-refractivity contribution in [2.75, 3.05) is 26.2 Å². The van der Waals surface area contributed by atoms with Crippen LogP contribution in [-0.4, -0.2) is 31.1 Å². The van der Waals surface area contributed by atoms with Crippen molar-refractivity contribution in [3.05, 3.63) is 55.7 Å². The van der Waals surface area contributed by atoms with Gasteiger partial charge in [0, 0.05) is 29.4 Å². The molecule has 2 heterocycles. The number of thiophene rings is 1. The van der Waals surface area contributed by atoms with Gasteiger partial charge in [-0.2, -0.15) is 0 Å². The predicted octanol–water partition coefficient (Wildman–Crippen LogP) is 5.00. The van der Waals surface area contributed by atoms with Crippen molar-refractivity contribution in [3.63, 3.8) is 0 Å². The molecule has 1 fully saturated rings. The number of nitrogens with one attached hydrogen (secondary N) is 1. The van der Waals surface area contributed by atoms with E-state index in [0.29, 0.717) is 10.0 Å². The summed E-state index contributed by atoms with van der Waals surface area (Å²) in [4.78, 5) is 5.38. The molecule has 1 N–H and O–H groups in total. The SMILES string of the molecule is CCc1ccc(C(c2ccc(Cl)c(Cl)c2)N2CCCNCC2)s1. The van der Waals surface area contributed by atoms with Crippen molar-refractivity contribution < 1.29 is 0 Å². The number of rotatable bonds is 4. The maximum Gasteiger partial charge on any atom is 0.0697 e. The van der Waals surface area contributed by atoms with Crippen molar-refractivity contribution in [2.24, 2.45) is 0 Å². The summed E-state index contributed by atoms with van der Waals surface area (Å²) in [5.74, 6) is 0. The fourth-order valence-corrected chi connectivity index (χ4v) is 4.52. The Bertz CT molecular complexity index is 648. The topological polar surface area (TPSA) is 15.3 Å². The molecule has 124 valence electrons. The third-order valence-electron chi connectivity index (χ3n) is 4.30. The Morgan fingerprint density at radius 2 is 2.00 bits per heavy atom. The van der Waals surface area contributed by atoms with Crippen molar-refractivity contribution in [1.82, 2.24) is 10.2 Å². The Morgan fingerprint density at radius 1 is 1.13 bits per heavy atom. The minimum atomic E-state index is 0.259. The average Bonchev–Trinajstić information content (AvgIpc) is 2.86. The van der Waals surface area contributed by atoms with Crippen LogP contribution in [0.2, 0.25) is 10.0 Å². The highest BCUT2D eigenvalue weighted by Gasteiger charge is 2.25. The molecule has 1 aliphatic rings. The van der Waals surface area contributed by atoms with Crippen LogP contribution < -0.4 is 5.32 Å². The molecule has 1 atom stereocenters. The van der Waals surface area contributed by atoms with Gasteiger partial charge in [-0.3, -0.25) is 4.90 Å². The molecule has 5 heteroatoms. The van der Waals surface area contributed by atoms with E-state index in [9.17, 15) is 0 Å². The van der Waals surface area contributed by atoms with Crippen LogP contribution in [0, 0.1) is 0 Å². The van der Waals surface area contributed by atoms with Crippen LogP contribution in [0.5, 0.6) is 0 Å². The molecule has 0 spiro atoms. The predicted molar refractivity (Wildman–Crippen MR) is 101 cm³/mol. The molecule has 1 aromatic carbocycles. The number of nitrogens with zero attached hydrogens (tertiary/aromatic N) is 1. The number of halogens is 2. The van der Waals surface area contributed by atoms with Crippen LogP contribution in [-0.2, 0) is 6.42 Å². The molecule has 2 nitrogen and oxygen atoms in total. The van der Waals surface area contributed by atoms with E-state index in [1.807, 2.05) is 23.5 Å². The van der Waals surface area contributed by atoms with Crippen molar-refractivity contribution in [3.8, 4) is 0 Å². The Hall–Kier alpha value is -0.580. The molecule has 1 aliphatic heterocycles. The Kier molecular flexibility index (Phi) is 6.00. The number of benzene rings is 1. The van der Waals surface area contributed by atoms with E-state index in [0.717, 1.165) is 32.6 Å². The Balaban J connectivity index is 1.99. The normalized spacial score (nSPS) is 17.9. The molecule has 1 unspecified atom stereocenters. The second-order valence-corrected chi connectivity index (χ2v) is 7.89. The molecule has 1 aromatic heterocycles. The van der Waals surface area contributed by atoms with Gasteiger partial charge in [-0.05, 0) is 49.2 Å². The Morgan fingerprint density at radius 3 is 2.74 bits per heavy atom.